The van der Waals surface area contributed by atoms with Crippen molar-refractivity contribution in [3.63, 3.8) is 0 Å². The molecule has 1 fully saturated rings. The van der Waals surface area contributed by atoms with Crippen molar-refractivity contribution in [2.75, 3.05) is 18.0 Å². The summed E-state index contributed by atoms with van der Waals surface area (Å²) in [5.74, 6) is 1.03. The summed E-state index contributed by atoms with van der Waals surface area (Å²) in [7, 11) is 0. The molecule has 1 aliphatic heterocycles. The number of carbonyl (C=O) groups excluding carboxylic acids is 1. The van der Waals surface area contributed by atoms with E-state index in [0.29, 0.717) is 0 Å². The summed E-state index contributed by atoms with van der Waals surface area (Å²) < 4.78 is 0. The summed E-state index contributed by atoms with van der Waals surface area (Å²) in [5, 5.41) is 12.8. The molecular weight excluding hydrogens is 406 g/mol. The van der Waals surface area contributed by atoms with E-state index in [1.807, 2.05) is 31.2 Å². The van der Waals surface area contributed by atoms with Crippen molar-refractivity contribution in [3.8, 4) is 0 Å². The van der Waals surface area contributed by atoms with E-state index in [-0.39, 0.29) is 17.9 Å². The zero-order valence-corrected chi connectivity index (χ0v) is 18.7. The molecule has 31 heavy (non-hydrogen) atoms. The molecule has 2 aromatic heterocycles. The lowest BCUT2D eigenvalue weighted by Gasteiger charge is -2.32. The molecule has 1 aromatic carbocycles. The monoisotopic (exact) mass is 433 g/mol. The third-order valence-corrected chi connectivity index (χ3v) is 6.56. The van der Waals surface area contributed by atoms with Crippen LogP contribution >= 0.6 is 11.8 Å². The first kappa shape index (κ1) is 21.3. The second-order valence-corrected chi connectivity index (χ2v) is 9.01. The van der Waals surface area contributed by atoms with Gasteiger partial charge in [-0.1, -0.05) is 29.5 Å². The van der Waals surface area contributed by atoms with Crippen LogP contribution in [0.25, 0.3) is 0 Å². The lowest BCUT2D eigenvalue weighted by atomic mass is 9.95. The standard InChI is InChI=1S/C24H27N5OS/c1-17-3-5-21(6-4-17)31-23-8-7-22(27-28-23)29-15-11-20(12-16-29)24(30)26-18(2)19-9-13-25-14-10-19/h3-10,13-14,18,20H,11-12,15-16H2,1-2H3,(H,26,30)/t18-/m1/s1. The average Bonchev–Trinajstić information content (AvgIpc) is 2.82. The lowest BCUT2D eigenvalue weighted by molar-refractivity contribution is -0.126. The maximum absolute atomic E-state index is 12.7. The minimum absolute atomic E-state index is 0.0158. The van der Waals surface area contributed by atoms with Crippen LogP contribution in [0.5, 0.6) is 0 Å². The van der Waals surface area contributed by atoms with Crippen molar-refractivity contribution in [2.24, 2.45) is 5.92 Å². The number of piperidine rings is 1. The first-order valence-corrected chi connectivity index (χ1v) is 11.4. The Bertz CT molecular complexity index is 987. The van der Waals surface area contributed by atoms with Crippen molar-refractivity contribution in [2.45, 2.75) is 42.7 Å². The highest BCUT2D eigenvalue weighted by Gasteiger charge is 2.26. The minimum atomic E-state index is -0.0158. The Balaban J connectivity index is 1.28. The molecule has 1 atom stereocenters. The second kappa shape index (κ2) is 9.92. The fraction of sp³-hybridized carbons (Fsp3) is 0.333. The number of carbonyl (C=O) groups is 1. The predicted octanol–water partition coefficient (Wildman–Crippen LogP) is 4.43. The van der Waals surface area contributed by atoms with Crippen molar-refractivity contribution < 1.29 is 4.79 Å². The zero-order valence-electron chi connectivity index (χ0n) is 17.9. The van der Waals surface area contributed by atoms with Gasteiger partial charge in [-0.15, -0.1) is 10.2 Å². The third kappa shape index (κ3) is 5.61. The highest BCUT2D eigenvalue weighted by atomic mass is 32.2. The maximum atomic E-state index is 12.7. The number of nitrogens with one attached hydrogen (secondary N) is 1. The van der Waals surface area contributed by atoms with E-state index in [4.69, 9.17) is 0 Å². The molecule has 0 bridgehead atoms. The van der Waals surface area contributed by atoms with E-state index < -0.39 is 0 Å². The molecular formula is C24H27N5OS. The van der Waals surface area contributed by atoms with Crippen LogP contribution in [0.2, 0.25) is 0 Å². The molecule has 1 aliphatic rings. The summed E-state index contributed by atoms with van der Waals surface area (Å²) >= 11 is 1.61. The van der Waals surface area contributed by atoms with Gasteiger partial charge in [-0.3, -0.25) is 9.78 Å². The minimum Gasteiger partial charge on any atom is -0.355 e. The van der Waals surface area contributed by atoms with Crippen LogP contribution in [0.3, 0.4) is 0 Å². The van der Waals surface area contributed by atoms with Crippen molar-refractivity contribution in [1.82, 2.24) is 20.5 Å². The first-order valence-electron chi connectivity index (χ1n) is 10.6. The molecule has 1 saturated heterocycles. The summed E-state index contributed by atoms with van der Waals surface area (Å²) in [6, 6.07) is 16.3. The van der Waals surface area contributed by atoms with Crippen LogP contribution in [0.15, 0.2) is 70.8 Å². The largest absolute Gasteiger partial charge is 0.355 e. The Morgan fingerprint density at radius 3 is 2.39 bits per heavy atom. The molecule has 0 spiro atoms. The van der Waals surface area contributed by atoms with Crippen LogP contribution in [0.4, 0.5) is 5.82 Å². The molecule has 3 aromatic rings. The summed E-state index contributed by atoms with van der Waals surface area (Å²) in [4.78, 5) is 20.1. The van der Waals surface area contributed by atoms with Crippen molar-refractivity contribution in [1.29, 1.82) is 0 Å². The number of hydrogen-bond acceptors (Lipinski definition) is 6. The van der Waals surface area contributed by atoms with Gasteiger partial charge in [-0.25, -0.2) is 0 Å². The van der Waals surface area contributed by atoms with Crippen LogP contribution in [-0.2, 0) is 4.79 Å². The number of anilines is 1. The number of aromatic nitrogens is 3. The van der Waals surface area contributed by atoms with E-state index in [1.54, 1.807) is 24.2 Å². The lowest BCUT2D eigenvalue weighted by Crippen LogP contribution is -2.41. The van der Waals surface area contributed by atoms with E-state index >= 15 is 0 Å². The Labute approximate surface area is 187 Å². The second-order valence-electron chi connectivity index (χ2n) is 7.92. The quantitative estimate of drug-likeness (QED) is 0.620. The van der Waals surface area contributed by atoms with Gasteiger partial charge in [0.15, 0.2) is 5.82 Å². The SMILES string of the molecule is Cc1ccc(Sc2ccc(N3CCC(C(=O)N[C@H](C)c4ccncc4)CC3)nn2)cc1. The predicted molar refractivity (Wildman–Crippen MR) is 123 cm³/mol. The Morgan fingerprint density at radius 2 is 1.74 bits per heavy atom. The molecule has 160 valence electrons. The van der Waals surface area contributed by atoms with Crippen LogP contribution in [-0.4, -0.2) is 34.2 Å². The summed E-state index contributed by atoms with van der Waals surface area (Å²) in [6.45, 7) is 5.70. The van der Waals surface area contributed by atoms with Gasteiger partial charge in [0.05, 0.1) is 6.04 Å². The van der Waals surface area contributed by atoms with Crippen LogP contribution in [0.1, 0.15) is 36.9 Å². The van der Waals surface area contributed by atoms with E-state index in [2.05, 4.69) is 56.6 Å². The molecule has 7 heteroatoms. The molecule has 3 heterocycles. The fourth-order valence-corrected chi connectivity index (χ4v) is 4.43. The number of benzene rings is 1. The van der Waals surface area contributed by atoms with Gasteiger partial charge in [0, 0.05) is 36.3 Å². The number of nitrogens with zero attached hydrogens (tertiary/aromatic N) is 4. The van der Waals surface area contributed by atoms with Gasteiger partial charge < -0.3 is 10.2 Å². The van der Waals surface area contributed by atoms with Gasteiger partial charge in [-0.05, 0) is 68.7 Å². The highest BCUT2D eigenvalue weighted by molar-refractivity contribution is 7.99. The van der Waals surface area contributed by atoms with Gasteiger partial charge in [-0.2, -0.15) is 0 Å². The summed E-state index contributed by atoms with van der Waals surface area (Å²) in [5.41, 5.74) is 2.31. The van der Waals surface area contributed by atoms with E-state index in [0.717, 1.165) is 47.2 Å². The molecule has 0 aliphatic carbocycles. The van der Waals surface area contributed by atoms with Crippen molar-refractivity contribution >= 4 is 23.5 Å². The normalized spacial score (nSPS) is 15.5. The number of pyridine rings is 1. The highest BCUT2D eigenvalue weighted by Crippen LogP contribution is 2.28. The van der Waals surface area contributed by atoms with E-state index in [9.17, 15) is 4.79 Å². The van der Waals surface area contributed by atoms with Gasteiger partial charge in [0.25, 0.3) is 0 Å². The number of hydrogen-bond donors (Lipinski definition) is 1. The average molecular weight is 434 g/mol. The van der Waals surface area contributed by atoms with Gasteiger partial charge in [0.2, 0.25) is 5.91 Å². The Kier molecular flexibility index (Phi) is 6.82. The summed E-state index contributed by atoms with van der Waals surface area (Å²) in [6.07, 6.45) is 5.14. The fourth-order valence-electron chi connectivity index (χ4n) is 3.70. The van der Waals surface area contributed by atoms with E-state index in [1.165, 1.54) is 5.56 Å². The molecule has 1 amide bonds. The number of rotatable bonds is 6. The molecule has 6 nitrogen and oxygen atoms in total. The van der Waals surface area contributed by atoms with Gasteiger partial charge in [0.1, 0.15) is 5.03 Å². The van der Waals surface area contributed by atoms with Crippen LogP contribution < -0.4 is 10.2 Å². The number of amides is 1. The Morgan fingerprint density at radius 1 is 1.03 bits per heavy atom. The molecule has 1 N–H and O–H groups in total. The number of aryl methyl sites for hydroxylation is 1. The zero-order chi connectivity index (χ0) is 21.6. The topological polar surface area (TPSA) is 71.0 Å². The molecule has 0 radical (unpaired) electrons. The molecule has 0 unspecified atom stereocenters. The van der Waals surface area contributed by atoms with Gasteiger partial charge >= 0.3 is 0 Å². The third-order valence-electron chi connectivity index (χ3n) is 5.62. The van der Waals surface area contributed by atoms with Crippen LogP contribution in [0, 0.1) is 12.8 Å². The molecule has 0 saturated carbocycles. The first-order chi connectivity index (χ1) is 15.1. The Hall–Kier alpha value is -2.93. The van der Waals surface area contributed by atoms with Crippen molar-refractivity contribution in [3.05, 3.63) is 72.1 Å². The smallest absolute Gasteiger partial charge is 0.223 e. The maximum Gasteiger partial charge on any atom is 0.223 e. The molecule has 4 rings (SSSR count).